The fraction of sp³-hybridized carbons (Fsp3) is 0. The molecule has 0 unspecified atom stereocenters. The van der Waals surface area contributed by atoms with Crippen LogP contribution in [0.5, 0.6) is 23.0 Å². The number of fused-ring (bicyclic) bond motifs is 2. The lowest BCUT2D eigenvalue weighted by Gasteiger charge is -2.15. The molecule has 0 aliphatic heterocycles. The molecule has 6 nitrogen and oxygen atoms in total. The van der Waals surface area contributed by atoms with Gasteiger partial charge in [0.05, 0.1) is 34.8 Å². The Morgan fingerprint density at radius 2 is 0.978 bits per heavy atom. The van der Waals surface area contributed by atoms with Crippen LogP contribution in [0, 0.1) is 11.6 Å². The van der Waals surface area contributed by atoms with E-state index >= 15 is 0 Å². The van der Waals surface area contributed by atoms with Crippen LogP contribution in [-0.2, 0) is 0 Å². The molecule has 0 atom stereocenters. The van der Waals surface area contributed by atoms with E-state index in [1.807, 2.05) is 64.0 Å². The summed E-state index contributed by atoms with van der Waals surface area (Å²) in [6.07, 6.45) is 3.56. The molecule has 0 N–H and O–H groups in total. The van der Waals surface area contributed by atoms with Crippen molar-refractivity contribution >= 4 is 21.8 Å². The molecular formula is C38H24F2N4O2. The number of nitrogens with zero attached hydrogens (tertiary/aromatic N) is 4. The standard InChI is InChI=1S/C38H24F2N4O2/c39-31-10-4-6-12-37(31)45-29-17-14-27-23-41-43(34(27)21-29)33-19-16-26(25-8-2-1-3-9-25)20-36(33)44-35-22-30(18-15-28(35)24-42-44)46-38-13-7-5-11-32(38)40/h1-24H. The highest BCUT2D eigenvalue weighted by Crippen LogP contribution is 2.34. The van der Waals surface area contributed by atoms with Crippen LogP contribution in [0.4, 0.5) is 8.78 Å². The fourth-order valence-corrected chi connectivity index (χ4v) is 5.50. The molecule has 8 heteroatoms. The number of rotatable bonds is 7. The first-order valence-electron chi connectivity index (χ1n) is 14.6. The van der Waals surface area contributed by atoms with Crippen molar-refractivity contribution in [2.75, 3.05) is 0 Å². The molecule has 46 heavy (non-hydrogen) atoms. The molecule has 0 bridgehead atoms. The third-order valence-electron chi connectivity index (χ3n) is 7.75. The minimum atomic E-state index is -0.446. The summed E-state index contributed by atoms with van der Waals surface area (Å²) in [6.45, 7) is 0. The van der Waals surface area contributed by atoms with Gasteiger partial charge >= 0.3 is 0 Å². The van der Waals surface area contributed by atoms with E-state index in [9.17, 15) is 8.78 Å². The number of benzene rings is 6. The summed E-state index contributed by atoms with van der Waals surface area (Å²) in [5, 5.41) is 11.3. The van der Waals surface area contributed by atoms with Gasteiger partial charge in [0.15, 0.2) is 23.1 Å². The van der Waals surface area contributed by atoms with Crippen molar-refractivity contribution in [2.24, 2.45) is 0 Å². The van der Waals surface area contributed by atoms with Gasteiger partial charge in [0.1, 0.15) is 11.5 Å². The smallest absolute Gasteiger partial charge is 0.165 e. The monoisotopic (exact) mass is 606 g/mol. The molecule has 0 aliphatic carbocycles. The Kier molecular flexibility index (Phi) is 6.72. The van der Waals surface area contributed by atoms with Crippen LogP contribution in [0.2, 0.25) is 0 Å². The summed E-state index contributed by atoms with van der Waals surface area (Å²) in [4.78, 5) is 0. The van der Waals surface area contributed by atoms with Gasteiger partial charge in [0.25, 0.3) is 0 Å². The quantitative estimate of drug-likeness (QED) is 0.181. The molecule has 6 aromatic carbocycles. The predicted molar refractivity (Wildman–Crippen MR) is 174 cm³/mol. The zero-order chi connectivity index (χ0) is 31.0. The second-order valence-corrected chi connectivity index (χ2v) is 10.7. The number of para-hydroxylation sites is 2. The Hall–Kier alpha value is -6.28. The van der Waals surface area contributed by atoms with Crippen LogP contribution in [0.15, 0.2) is 146 Å². The molecule has 0 spiro atoms. The van der Waals surface area contributed by atoms with Crippen molar-refractivity contribution in [1.82, 2.24) is 19.6 Å². The molecule has 8 rings (SSSR count). The highest BCUT2D eigenvalue weighted by molar-refractivity contribution is 5.86. The number of ether oxygens (including phenoxy) is 2. The molecule has 0 amide bonds. The average Bonchev–Trinajstić information content (AvgIpc) is 3.71. The van der Waals surface area contributed by atoms with Gasteiger partial charge in [-0.1, -0.05) is 60.7 Å². The Labute approximate surface area is 262 Å². The molecule has 0 fully saturated rings. The first-order chi connectivity index (χ1) is 22.6. The van der Waals surface area contributed by atoms with Crippen molar-refractivity contribution in [2.45, 2.75) is 0 Å². The van der Waals surface area contributed by atoms with E-state index in [1.165, 1.54) is 12.1 Å². The lowest BCUT2D eigenvalue weighted by Crippen LogP contribution is -2.06. The highest BCUT2D eigenvalue weighted by atomic mass is 19.1. The molecular weight excluding hydrogens is 582 g/mol. The molecule has 222 valence electrons. The third-order valence-corrected chi connectivity index (χ3v) is 7.75. The molecule has 8 aromatic rings. The molecule has 0 saturated carbocycles. The van der Waals surface area contributed by atoms with E-state index in [0.29, 0.717) is 11.5 Å². The maximum atomic E-state index is 14.4. The summed E-state index contributed by atoms with van der Waals surface area (Å²) < 4.78 is 44.3. The second kappa shape index (κ2) is 11.3. The first kappa shape index (κ1) is 27.3. The summed E-state index contributed by atoms with van der Waals surface area (Å²) in [5.74, 6) is 0.325. The summed E-state index contributed by atoms with van der Waals surface area (Å²) >= 11 is 0. The number of halogens is 2. The van der Waals surface area contributed by atoms with Crippen molar-refractivity contribution < 1.29 is 18.3 Å². The Morgan fingerprint density at radius 1 is 0.457 bits per heavy atom. The van der Waals surface area contributed by atoms with E-state index < -0.39 is 11.6 Å². The first-order valence-corrected chi connectivity index (χ1v) is 14.6. The number of aromatic nitrogens is 4. The van der Waals surface area contributed by atoms with Gasteiger partial charge in [-0.2, -0.15) is 10.2 Å². The molecule has 0 saturated heterocycles. The van der Waals surface area contributed by atoms with Crippen LogP contribution in [0.3, 0.4) is 0 Å². The van der Waals surface area contributed by atoms with Crippen molar-refractivity contribution in [3.63, 3.8) is 0 Å². The van der Waals surface area contributed by atoms with E-state index in [1.54, 1.807) is 60.9 Å². The van der Waals surface area contributed by atoms with E-state index in [0.717, 1.165) is 44.3 Å². The highest BCUT2D eigenvalue weighted by Gasteiger charge is 2.17. The largest absolute Gasteiger partial charge is 0.454 e. The Morgan fingerprint density at radius 3 is 1.54 bits per heavy atom. The molecule has 2 aromatic heterocycles. The second-order valence-electron chi connectivity index (χ2n) is 10.7. The van der Waals surface area contributed by atoms with Gasteiger partial charge in [0.2, 0.25) is 0 Å². The van der Waals surface area contributed by atoms with Crippen molar-refractivity contribution in [3.05, 3.63) is 157 Å². The van der Waals surface area contributed by atoms with Gasteiger partial charge in [-0.3, -0.25) is 0 Å². The van der Waals surface area contributed by atoms with E-state index in [4.69, 9.17) is 19.7 Å². The molecule has 2 heterocycles. The Bertz CT molecular complexity index is 2370. The predicted octanol–water partition coefficient (Wildman–Crippen LogP) is 9.89. The van der Waals surface area contributed by atoms with Crippen molar-refractivity contribution in [1.29, 1.82) is 0 Å². The SMILES string of the molecule is Fc1ccccc1Oc1ccc2cnn(-c3ccc(-c4ccccc4)cc3-n3ncc4ccc(Oc5ccccc5F)cc43)c2c1. The van der Waals surface area contributed by atoms with Gasteiger partial charge in [0, 0.05) is 22.9 Å². The van der Waals surface area contributed by atoms with E-state index in [2.05, 4.69) is 18.2 Å². The Balaban J connectivity index is 1.28. The summed E-state index contributed by atoms with van der Waals surface area (Å²) in [5.41, 5.74) is 5.07. The van der Waals surface area contributed by atoms with Crippen LogP contribution in [0.25, 0.3) is 44.3 Å². The zero-order valence-electron chi connectivity index (χ0n) is 24.2. The van der Waals surface area contributed by atoms with Gasteiger partial charge in [-0.25, -0.2) is 18.1 Å². The van der Waals surface area contributed by atoms with Crippen LogP contribution in [0.1, 0.15) is 0 Å². The van der Waals surface area contributed by atoms with Crippen LogP contribution in [-0.4, -0.2) is 19.6 Å². The van der Waals surface area contributed by atoms with E-state index in [-0.39, 0.29) is 11.5 Å². The number of hydrogen-bond acceptors (Lipinski definition) is 4. The third kappa shape index (κ3) is 5.01. The van der Waals surface area contributed by atoms with Gasteiger partial charge in [-0.15, -0.1) is 0 Å². The average molecular weight is 607 g/mol. The summed E-state index contributed by atoms with van der Waals surface area (Å²) in [6, 6.07) is 39.8. The molecule has 0 radical (unpaired) electrons. The van der Waals surface area contributed by atoms with Crippen LogP contribution < -0.4 is 9.47 Å². The molecule has 0 aliphatic rings. The maximum Gasteiger partial charge on any atom is 0.165 e. The minimum absolute atomic E-state index is 0.135. The van der Waals surface area contributed by atoms with Gasteiger partial charge < -0.3 is 9.47 Å². The van der Waals surface area contributed by atoms with Gasteiger partial charge in [-0.05, 0) is 71.8 Å². The number of hydrogen-bond donors (Lipinski definition) is 0. The zero-order valence-corrected chi connectivity index (χ0v) is 24.2. The normalized spacial score (nSPS) is 11.3. The lowest BCUT2D eigenvalue weighted by atomic mass is 10.0. The lowest BCUT2D eigenvalue weighted by molar-refractivity contribution is 0.442. The minimum Gasteiger partial charge on any atom is -0.454 e. The van der Waals surface area contributed by atoms with Crippen LogP contribution >= 0.6 is 0 Å². The summed E-state index contributed by atoms with van der Waals surface area (Å²) in [7, 11) is 0. The topological polar surface area (TPSA) is 54.1 Å². The fourth-order valence-electron chi connectivity index (χ4n) is 5.50. The van der Waals surface area contributed by atoms with Crippen molar-refractivity contribution in [3.8, 4) is 45.5 Å². The maximum absolute atomic E-state index is 14.4.